The number of carbonyl (C=O) groups excluding carboxylic acids is 4. The molecule has 0 unspecified atom stereocenters. The number of rotatable bonds is 30. The van der Waals surface area contributed by atoms with Gasteiger partial charge in [0.05, 0.1) is 88.5 Å². The lowest BCUT2D eigenvalue weighted by atomic mass is 9.86. The molecule has 3 aromatic carbocycles. The topological polar surface area (TPSA) is 406 Å². The van der Waals surface area contributed by atoms with Crippen LogP contribution in [0.2, 0.25) is 0 Å². The Hall–Kier alpha value is -7.65. The molecule has 29 nitrogen and oxygen atoms in total. The highest BCUT2D eigenvalue weighted by Gasteiger charge is 2.32. The lowest BCUT2D eigenvalue weighted by Gasteiger charge is -2.28. The summed E-state index contributed by atoms with van der Waals surface area (Å²) < 4.78 is 121. The molecule has 36 heteroatoms. The number of sulfonamides is 3. The highest BCUT2D eigenvalue weighted by molar-refractivity contribution is 7.90. The summed E-state index contributed by atoms with van der Waals surface area (Å²) in [6, 6.07) is 16.4. The first-order chi connectivity index (χ1) is 53.5. The molecule has 0 saturated heterocycles. The Morgan fingerprint density at radius 3 is 1.20 bits per heavy atom. The third-order valence-electron chi connectivity index (χ3n) is 18.3. The first-order valence-corrected chi connectivity index (χ1v) is 44.7. The van der Waals surface area contributed by atoms with Crippen LogP contribution in [0.25, 0.3) is 31.3 Å². The zero-order valence-electron chi connectivity index (χ0n) is 64.7. The van der Waals surface area contributed by atoms with Gasteiger partial charge >= 0.3 is 17.6 Å². The Bertz CT molecular complexity index is 4650. The van der Waals surface area contributed by atoms with E-state index in [4.69, 9.17) is 45.1 Å². The highest BCUT2D eigenvalue weighted by Crippen LogP contribution is 2.43. The Labute approximate surface area is 673 Å². The number of oxazole rings is 2. The van der Waals surface area contributed by atoms with Gasteiger partial charge in [-0.1, -0.05) is 57.2 Å². The van der Waals surface area contributed by atoms with Gasteiger partial charge < -0.3 is 54.2 Å². The lowest BCUT2D eigenvalue weighted by molar-refractivity contribution is -0.126. The molecule has 0 spiro atoms. The number of hydrogen-bond acceptors (Lipinski definition) is 26. The molecule has 0 aliphatic heterocycles. The quantitative estimate of drug-likeness (QED) is 0.0125. The van der Waals surface area contributed by atoms with Crippen LogP contribution in [0, 0.1) is 0 Å². The number of carbonyl (C=O) groups is 4. The van der Waals surface area contributed by atoms with E-state index < -0.39 is 41.8 Å². The van der Waals surface area contributed by atoms with E-state index in [9.17, 15) is 44.4 Å². The molecule has 0 atom stereocenters. The fraction of sp³-hybridized carbons (Fsp3) is 0.513. The van der Waals surface area contributed by atoms with Crippen molar-refractivity contribution in [2.24, 2.45) is 5.73 Å². The summed E-state index contributed by atoms with van der Waals surface area (Å²) in [5.74, 6) is 1.71. The second-order valence-corrected chi connectivity index (χ2v) is 36.0. The van der Waals surface area contributed by atoms with Crippen molar-refractivity contribution in [2.75, 3.05) is 47.0 Å². The van der Waals surface area contributed by atoms with Crippen LogP contribution < -0.4 is 35.9 Å². The fourth-order valence-electron chi connectivity index (χ4n) is 12.9. The van der Waals surface area contributed by atoms with Gasteiger partial charge in [0.15, 0.2) is 18.1 Å². The lowest BCUT2D eigenvalue weighted by Crippen LogP contribution is -2.38. The molecule has 3 fully saturated rings. The van der Waals surface area contributed by atoms with Crippen LogP contribution in [0.1, 0.15) is 194 Å². The summed E-state index contributed by atoms with van der Waals surface area (Å²) in [7, 11) is -8.21. The highest BCUT2D eigenvalue weighted by atomic mass is 35.5. The first kappa shape index (κ1) is 89.9. The van der Waals surface area contributed by atoms with Crippen molar-refractivity contribution in [1.29, 1.82) is 0 Å². The second kappa shape index (κ2) is 43.7. The zero-order chi connectivity index (χ0) is 81.1. The predicted molar refractivity (Wildman–Crippen MR) is 430 cm³/mol. The van der Waals surface area contributed by atoms with Gasteiger partial charge in [-0.25, -0.2) is 78.7 Å². The average Bonchev–Trinajstić information content (AvgIpc) is 1.75. The summed E-state index contributed by atoms with van der Waals surface area (Å²) in [5, 5.41) is 11.6. The number of benzene rings is 3. The summed E-state index contributed by atoms with van der Waals surface area (Å²) >= 11 is 9.30. The van der Waals surface area contributed by atoms with Crippen molar-refractivity contribution in [1.82, 2.24) is 55.0 Å². The third-order valence-corrected chi connectivity index (χ3v) is 26.7. The summed E-state index contributed by atoms with van der Waals surface area (Å²) in [6.07, 6.45) is 21.6. The molecule has 5 aromatic heterocycles. The molecule has 612 valence electrons. The molecule has 0 bridgehead atoms. The van der Waals surface area contributed by atoms with Gasteiger partial charge in [-0.3, -0.25) is 4.79 Å². The number of nitrogens with zero attached hydrogens (tertiary/aromatic N) is 5. The normalized spacial score (nSPS) is 17.9. The minimum absolute atomic E-state index is 0.00496. The maximum atomic E-state index is 13.2. The molecule has 3 saturated carbocycles. The number of thiazole rings is 3. The van der Waals surface area contributed by atoms with E-state index in [1.807, 2.05) is 52.0 Å². The largest absolute Gasteiger partial charge is 0.454 e. The number of alkyl carbamates (subject to hydrolysis) is 2. The smallest absolute Gasteiger partial charge is 0.407 e. The van der Waals surface area contributed by atoms with E-state index in [1.165, 1.54) is 49.4 Å². The molecule has 3 aliphatic carbocycles. The van der Waals surface area contributed by atoms with E-state index in [-0.39, 0.29) is 94.5 Å². The van der Waals surface area contributed by atoms with Crippen molar-refractivity contribution >= 4 is 99.2 Å². The van der Waals surface area contributed by atoms with Gasteiger partial charge in [-0.15, -0.1) is 34.0 Å². The van der Waals surface area contributed by atoms with Gasteiger partial charge in [0, 0.05) is 129 Å². The number of ether oxygens (including phenoxy) is 5. The van der Waals surface area contributed by atoms with Crippen molar-refractivity contribution in [3.63, 3.8) is 0 Å². The number of methoxy groups -OCH3 is 2. The Balaban J connectivity index is 0.000000204. The SMILES string of the molecule is CCNS(=O)(=O)c1cc(CC(=O)NCC(OC)OC)ccc1-c1cnc(C2CCC(NC(=O)OC(C)C)CC2)s1.CCNS(=O)(=O)c1cc(Cc2ncco2)ccc1-c1cnc(C2CCC(N)CC2)s1.CCNS(=O)(=O)c1cc(Cc2ncco2)ccc1-c1cnc(C2CCC(NC(=O)OC(C)C)CC2)s1.CCOC(=O)Cl. The number of halogens is 1. The van der Waals surface area contributed by atoms with Crippen LogP contribution in [0.4, 0.5) is 14.4 Å². The van der Waals surface area contributed by atoms with Crippen LogP contribution in [-0.2, 0) is 77.8 Å². The number of hydrogen-bond donors (Lipinski definition) is 7. The molecule has 3 amide bonds. The van der Waals surface area contributed by atoms with E-state index in [0.29, 0.717) is 72.5 Å². The first-order valence-electron chi connectivity index (χ1n) is 37.4. The van der Waals surface area contributed by atoms with Gasteiger partial charge in [0.25, 0.3) is 0 Å². The van der Waals surface area contributed by atoms with Crippen molar-refractivity contribution in [3.05, 3.63) is 142 Å². The van der Waals surface area contributed by atoms with Crippen molar-refractivity contribution < 1.29 is 77.0 Å². The summed E-state index contributed by atoms with van der Waals surface area (Å²) in [5.41, 5.74) is 9.31. The van der Waals surface area contributed by atoms with Crippen LogP contribution in [0.3, 0.4) is 0 Å². The van der Waals surface area contributed by atoms with Crippen LogP contribution >= 0.6 is 45.6 Å². The predicted octanol–water partition coefficient (Wildman–Crippen LogP) is 13.4. The summed E-state index contributed by atoms with van der Waals surface area (Å²) in [4.78, 5) is 71.1. The summed E-state index contributed by atoms with van der Waals surface area (Å²) in [6.45, 7) is 15.6. The molecule has 8 aromatic rings. The number of nitrogens with one attached hydrogen (secondary N) is 6. The molecular weight excluding hydrogens is 1580 g/mol. The van der Waals surface area contributed by atoms with Crippen LogP contribution in [-0.4, -0.2) is 157 Å². The van der Waals surface area contributed by atoms with E-state index in [0.717, 1.165) is 118 Å². The molecule has 8 N–H and O–H groups in total. The molecular formula is C76H103ClN12O17S6. The molecule has 112 heavy (non-hydrogen) atoms. The third kappa shape index (κ3) is 27.3. The molecule has 5 heterocycles. The van der Waals surface area contributed by atoms with Gasteiger partial charge in [0.2, 0.25) is 36.0 Å². The van der Waals surface area contributed by atoms with Gasteiger partial charge in [-0.05, 0) is 147 Å². The number of nitrogens with two attached hydrogens (primary N) is 1. The minimum Gasteiger partial charge on any atom is -0.454 e. The van der Waals surface area contributed by atoms with E-state index in [2.05, 4.69) is 59.8 Å². The van der Waals surface area contributed by atoms with Gasteiger partial charge in [0.1, 0.15) is 12.5 Å². The zero-order valence-corrected chi connectivity index (χ0v) is 70.3. The second-order valence-electron chi connectivity index (χ2n) is 27.3. The standard InChI is InChI=1S/C27H40N4O7S2.C25H32N4O5S2.C21H26N4O3S2.C3H5ClO2/c1-6-30-40(34,35)23-13-18(14-24(32)28-16-25(36-4)37-5)7-12-21(23)22-15-29-26(39-22)19-8-10-20(11-9-19)31-27(33)38-17(2)3;1-4-28-36(31,32)22-13-17(14-23-26-11-12-33-23)5-10-20(22)21-15-27-24(35-21)18-6-8-19(9-7-18)29-25(30)34-16(2)3;1-2-25-30(26,27)19-11-14(12-20-23-9-10-28-20)3-8-17(19)18-13-24-21(29-18)15-4-6-16(22)7-5-15;1-2-6-3(4)5/h7,12-13,15,17,19-20,25,30H,6,8-11,14,16H2,1-5H3,(H,28,32)(H,31,33);5,10-13,15-16,18-19,28H,4,6-9,14H2,1-3H3,(H,29,30);3,8-11,13,15-16,25H,2,4-7,12,22H2,1H3;2H2,1H3. The van der Waals surface area contributed by atoms with Crippen LogP contribution in [0.5, 0.6) is 0 Å². The Morgan fingerprint density at radius 2 is 0.884 bits per heavy atom. The number of amides is 3. The molecule has 11 rings (SSSR count). The minimum atomic E-state index is -3.82. The maximum absolute atomic E-state index is 13.2. The fourth-order valence-corrected chi connectivity index (χ4v) is 20.5. The number of aromatic nitrogens is 5. The van der Waals surface area contributed by atoms with Crippen molar-refractivity contribution in [3.8, 4) is 31.3 Å². The van der Waals surface area contributed by atoms with E-state index in [1.54, 1.807) is 100 Å². The van der Waals surface area contributed by atoms with Crippen LogP contribution in [0.15, 0.2) is 122 Å². The Kier molecular flexibility index (Phi) is 35.1. The van der Waals surface area contributed by atoms with Gasteiger partial charge in [-0.2, -0.15) is 0 Å². The van der Waals surface area contributed by atoms with Crippen molar-refractivity contribution in [2.45, 2.75) is 221 Å². The Morgan fingerprint density at radius 1 is 0.527 bits per heavy atom. The molecule has 3 aliphatic rings. The maximum Gasteiger partial charge on any atom is 0.407 e. The molecule has 0 radical (unpaired) electrons. The monoisotopic (exact) mass is 1680 g/mol. The van der Waals surface area contributed by atoms with E-state index >= 15 is 0 Å². The average molecular weight is 1680 g/mol.